The van der Waals surface area contributed by atoms with Crippen LogP contribution in [0.5, 0.6) is 0 Å². The van der Waals surface area contributed by atoms with Crippen LogP contribution < -0.4 is 0 Å². The fourth-order valence-electron chi connectivity index (χ4n) is 1.53. The summed E-state index contributed by atoms with van der Waals surface area (Å²) in [5.74, 6) is -0.270. The lowest BCUT2D eigenvalue weighted by Gasteiger charge is -2.07. The van der Waals surface area contributed by atoms with Crippen LogP contribution in [0.4, 0.5) is 4.39 Å². The van der Waals surface area contributed by atoms with Crippen molar-refractivity contribution in [2.45, 2.75) is 6.54 Å². The molecule has 0 bridgehead atoms. The van der Waals surface area contributed by atoms with Crippen LogP contribution in [0.3, 0.4) is 0 Å². The molecular formula is C12H9BrFNO. The quantitative estimate of drug-likeness (QED) is 0.792. The van der Waals surface area contributed by atoms with E-state index in [1.165, 1.54) is 6.07 Å². The Labute approximate surface area is 101 Å². The molecule has 0 aliphatic rings. The average molecular weight is 282 g/mol. The number of aldehydes is 1. The summed E-state index contributed by atoms with van der Waals surface area (Å²) in [7, 11) is 0. The molecule has 0 aliphatic carbocycles. The van der Waals surface area contributed by atoms with Crippen molar-refractivity contribution < 1.29 is 9.18 Å². The first-order chi connectivity index (χ1) is 7.70. The molecule has 0 unspecified atom stereocenters. The maximum absolute atomic E-state index is 13.5. The summed E-state index contributed by atoms with van der Waals surface area (Å²) in [5, 5.41) is 0. The van der Waals surface area contributed by atoms with Gasteiger partial charge in [0.2, 0.25) is 0 Å². The Bertz CT molecular complexity index is 521. The monoisotopic (exact) mass is 281 g/mol. The van der Waals surface area contributed by atoms with Gasteiger partial charge in [-0.25, -0.2) is 4.39 Å². The minimum absolute atomic E-state index is 0.270. The second kappa shape index (κ2) is 4.61. The van der Waals surface area contributed by atoms with E-state index >= 15 is 0 Å². The second-order valence-corrected chi connectivity index (χ2v) is 4.33. The van der Waals surface area contributed by atoms with Crippen molar-refractivity contribution in [3.63, 3.8) is 0 Å². The maximum atomic E-state index is 13.5. The van der Waals surface area contributed by atoms with Crippen molar-refractivity contribution in [1.29, 1.82) is 0 Å². The van der Waals surface area contributed by atoms with E-state index in [0.717, 1.165) is 10.8 Å². The maximum Gasteiger partial charge on any atom is 0.166 e. The molecule has 0 amide bonds. The number of nitrogens with zero attached hydrogens (tertiary/aromatic N) is 1. The summed E-state index contributed by atoms with van der Waals surface area (Å²) in [4.78, 5) is 10.7. The Morgan fingerprint density at radius 3 is 2.94 bits per heavy atom. The summed E-state index contributed by atoms with van der Waals surface area (Å²) >= 11 is 3.29. The first-order valence-electron chi connectivity index (χ1n) is 4.75. The van der Waals surface area contributed by atoms with Gasteiger partial charge in [-0.2, -0.15) is 0 Å². The van der Waals surface area contributed by atoms with Crippen LogP contribution in [0.1, 0.15) is 16.1 Å². The van der Waals surface area contributed by atoms with Gasteiger partial charge in [0, 0.05) is 16.2 Å². The molecule has 2 rings (SSSR count). The molecule has 16 heavy (non-hydrogen) atoms. The molecule has 2 aromatic rings. The van der Waals surface area contributed by atoms with Crippen LogP contribution in [0.15, 0.2) is 41.0 Å². The lowest BCUT2D eigenvalue weighted by Crippen LogP contribution is -2.04. The van der Waals surface area contributed by atoms with Crippen LogP contribution >= 0.6 is 15.9 Å². The van der Waals surface area contributed by atoms with Crippen molar-refractivity contribution in [3.8, 4) is 0 Å². The number of carbonyl (C=O) groups is 1. The topological polar surface area (TPSA) is 22.0 Å². The number of benzene rings is 1. The molecular weight excluding hydrogens is 273 g/mol. The average Bonchev–Trinajstić information content (AvgIpc) is 2.71. The molecule has 1 aromatic carbocycles. The van der Waals surface area contributed by atoms with Gasteiger partial charge in [-0.1, -0.05) is 15.9 Å². The van der Waals surface area contributed by atoms with E-state index in [1.807, 2.05) is 0 Å². The first kappa shape index (κ1) is 11.1. The van der Waals surface area contributed by atoms with E-state index in [1.54, 1.807) is 35.0 Å². The third kappa shape index (κ3) is 2.22. The smallest absolute Gasteiger partial charge is 0.166 e. The summed E-state index contributed by atoms with van der Waals surface area (Å²) in [6.07, 6.45) is 2.51. The molecule has 82 valence electrons. The number of hydrogen-bond acceptors (Lipinski definition) is 1. The van der Waals surface area contributed by atoms with Gasteiger partial charge in [-0.3, -0.25) is 4.79 Å². The second-order valence-electron chi connectivity index (χ2n) is 3.41. The van der Waals surface area contributed by atoms with E-state index in [9.17, 15) is 9.18 Å². The predicted octanol–water partition coefficient (Wildman–Crippen LogP) is 3.25. The van der Waals surface area contributed by atoms with Gasteiger partial charge in [-0.15, -0.1) is 0 Å². The van der Waals surface area contributed by atoms with Crippen LogP contribution in [-0.2, 0) is 6.54 Å². The van der Waals surface area contributed by atoms with E-state index in [0.29, 0.717) is 17.8 Å². The standard InChI is InChI=1S/C12H9BrFNO/c13-10-3-4-12(14)9(6-10)7-15-5-1-2-11(15)8-16/h1-6,8H,7H2. The number of carbonyl (C=O) groups excluding carboxylic acids is 1. The minimum Gasteiger partial charge on any atom is -0.341 e. The molecule has 4 heteroatoms. The first-order valence-corrected chi connectivity index (χ1v) is 5.54. The summed E-state index contributed by atoms with van der Waals surface area (Å²) in [5.41, 5.74) is 1.09. The van der Waals surface area contributed by atoms with Crippen LogP contribution in [0.2, 0.25) is 0 Å². The highest BCUT2D eigenvalue weighted by molar-refractivity contribution is 9.10. The Morgan fingerprint density at radius 1 is 1.38 bits per heavy atom. The zero-order valence-corrected chi connectivity index (χ0v) is 9.95. The third-order valence-corrected chi connectivity index (χ3v) is 2.83. The molecule has 0 atom stereocenters. The van der Waals surface area contributed by atoms with Crippen molar-refractivity contribution in [3.05, 3.63) is 58.1 Å². The Balaban J connectivity index is 2.33. The normalized spacial score (nSPS) is 10.4. The molecule has 0 fully saturated rings. The van der Waals surface area contributed by atoms with Crippen molar-refractivity contribution in [1.82, 2.24) is 4.57 Å². The van der Waals surface area contributed by atoms with Crippen LogP contribution in [0, 0.1) is 5.82 Å². The molecule has 0 aliphatic heterocycles. The zero-order chi connectivity index (χ0) is 11.5. The highest BCUT2D eigenvalue weighted by atomic mass is 79.9. The van der Waals surface area contributed by atoms with Gasteiger partial charge in [0.05, 0.1) is 12.2 Å². The fraction of sp³-hybridized carbons (Fsp3) is 0.0833. The molecule has 0 radical (unpaired) electrons. The molecule has 0 saturated carbocycles. The van der Waals surface area contributed by atoms with E-state index < -0.39 is 0 Å². The van der Waals surface area contributed by atoms with Crippen molar-refractivity contribution in [2.24, 2.45) is 0 Å². The lowest BCUT2D eigenvalue weighted by atomic mass is 10.2. The molecule has 1 aromatic heterocycles. The van der Waals surface area contributed by atoms with E-state index in [4.69, 9.17) is 0 Å². The van der Waals surface area contributed by atoms with Gasteiger partial charge in [0.1, 0.15) is 5.82 Å². The molecule has 2 nitrogen and oxygen atoms in total. The van der Waals surface area contributed by atoms with Gasteiger partial charge in [0.25, 0.3) is 0 Å². The van der Waals surface area contributed by atoms with E-state index in [-0.39, 0.29) is 5.82 Å². The number of halogens is 2. The third-order valence-electron chi connectivity index (χ3n) is 2.33. The van der Waals surface area contributed by atoms with Gasteiger partial charge < -0.3 is 4.57 Å². The predicted molar refractivity (Wildman–Crippen MR) is 63.0 cm³/mol. The molecule has 1 heterocycles. The molecule has 0 spiro atoms. The lowest BCUT2D eigenvalue weighted by molar-refractivity contribution is 0.111. The zero-order valence-electron chi connectivity index (χ0n) is 8.36. The fourth-order valence-corrected chi connectivity index (χ4v) is 1.93. The van der Waals surface area contributed by atoms with Crippen molar-refractivity contribution >= 4 is 22.2 Å². The highest BCUT2D eigenvalue weighted by Gasteiger charge is 2.05. The summed E-state index contributed by atoms with van der Waals surface area (Å²) in [6, 6.07) is 8.23. The number of hydrogen-bond donors (Lipinski definition) is 0. The number of aromatic nitrogens is 1. The Kier molecular flexibility index (Phi) is 3.19. The summed E-state index contributed by atoms with van der Waals surface area (Å²) in [6.45, 7) is 0.354. The molecule has 0 saturated heterocycles. The van der Waals surface area contributed by atoms with Crippen molar-refractivity contribution in [2.75, 3.05) is 0 Å². The highest BCUT2D eigenvalue weighted by Crippen LogP contribution is 2.17. The minimum atomic E-state index is -0.270. The molecule has 0 N–H and O–H groups in total. The summed E-state index contributed by atoms with van der Waals surface area (Å²) < 4.78 is 16.0. The number of rotatable bonds is 3. The Morgan fingerprint density at radius 2 is 2.19 bits per heavy atom. The van der Waals surface area contributed by atoms with Crippen LogP contribution in [-0.4, -0.2) is 10.9 Å². The Hall–Kier alpha value is -1.42. The van der Waals surface area contributed by atoms with Gasteiger partial charge >= 0.3 is 0 Å². The van der Waals surface area contributed by atoms with E-state index in [2.05, 4.69) is 15.9 Å². The van der Waals surface area contributed by atoms with Gasteiger partial charge in [0.15, 0.2) is 6.29 Å². The largest absolute Gasteiger partial charge is 0.341 e. The SMILES string of the molecule is O=Cc1cccn1Cc1cc(Br)ccc1F. The van der Waals surface area contributed by atoms with Gasteiger partial charge in [-0.05, 0) is 30.3 Å². The van der Waals surface area contributed by atoms with Crippen LogP contribution in [0.25, 0.3) is 0 Å².